The van der Waals surface area contributed by atoms with Crippen molar-refractivity contribution in [2.45, 2.75) is 83.3 Å². The lowest BCUT2D eigenvalue weighted by atomic mass is 9.88. The second kappa shape index (κ2) is 14.8. The number of rotatable bonds is 12. The van der Waals surface area contributed by atoms with Crippen molar-refractivity contribution in [2.24, 2.45) is 0 Å². The molecule has 0 saturated heterocycles. The minimum Gasteiger partial charge on any atom is -0.309 e. The molecule has 0 spiro atoms. The maximum absolute atomic E-state index is 15.2. The van der Waals surface area contributed by atoms with Gasteiger partial charge in [-0.3, -0.25) is 24.1 Å². The van der Waals surface area contributed by atoms with Crippen LogP contribution in [0.2, 0.25) is 0 Å². The average Bonchev–Trinajstić information content (AvgIpc) is 3.36. The highest BCUT2D eigenvalue weighted by Gasteiger charge is 2.46. The predicted molar refractivity (Wildman–Crippen MR) is 189 cm³/mol. The van der Waals surface area contributed by atoms with Crippen molar-refractivity contribution in [3.63, 3.8) is 0 Å². The number of carbonyl (C=O) groups excluding carboxylic acids is 4. The Hall–Kier alpha value is -5.04. The summed E-state index contributed by atoms with van der Waals surface area (Å²) in [6.07, 6.45) is 6.49. The van der Waals surface area contributed by atoms with Crippen molar-refractivity contribution in [1.82, 2.24) is 4.90 Å². The fraction of sp³-hybridized carbons (Fsp3) is 0.317. The molecule has 4 aromatic carbocycles. The first kappa shape index (κ1) is 32.9. The lowest BCUT2D eigenvalue weighted by Crippen LogP contribution is -2.55. The van der Waals surface area contributed by atoms with Crippen LogP contribution in [-0.2, 0) is 16.0 Å². The van der Waals surface area contributed by atoms with Gasteiger partial charge in [-0.15, -0.1) is 0 Å². The molecular formula is C41H43N3O4. The van der Waals surface area contributed by atoms with Gasteiger partial charge in [-0.2, -0.15) is 0 Å². The van der Waals surface area contributed by atoms with Crippen LogP contribution in [0.5, 0.6) is 0 Å². The molecule has 4 aromatic rings. The Morgan fingerprint density at radius 2 is 1.33 bits per heavy atom. The summed E-state index contributed by atoms with van der Waals surface area (Å²) in [6, 6.07) is 31.8. The van der Waals surface area contributed by atoms with Gasteiger partial charge in [0.25, 0.3) is 17.7 Å². The van der Waals surface area contributed by atoms with Crippen LogP contribution in [0.25, 0.3) is 0 Å². The van der Waals surface area contributed by atoms with Crippen molar-refractivity contribution in [3.05, 3.63) is 131 Å². The van der Waals surface area contributed by atoms with Crippen LogP contribution in [0.15, 0.2) is 109 Å². The number of fused-ring (bicyclic) bond motifs is 2. The number of carbonyl (C=O) groups is 4. The summed E-state index contributed by atoms with van der Waals surface area (Å²) in [6.45, 7) is 4.22. The molecule has 2 aliphatic heterocycles. The van der Waals surface area contributed by atoms with Crippen LogP contribution in [0.4, 0.5) is 11.4 Å². The smallest absolute Gasteiger partial charge is 0.262 e. The predicted octanol–water partition coefficient (Wildman–Crippen LogP) is 8.15. The summed E-state index contributed by atoms with van der Waals surface area (Å²) in [7, 11) is 0. The van der Waals surface area contributed by atoms with E-state index in [4.69, 9.17) is 0 Å². The molecule has 3 atom stereocenters. The number of unbranched alkanes of at least 4 members (excludes halogenated alkanes) is 4. The number of anilines is 2. The molecule has 0 radical (unpaired) electrons. The van der Waals surface area contributed by atoms with E-state index >= 15 is 4.79 Å². The molecule has 6 rings (SSSR count). The number of amides is 4. The van der Waals surface area contributed by atoms with Crippen LogP contribution in [0, 0.1) is 0 Å². The van der Waals surface area contributed by atoms with Gasteiger partial charge in [-0.05, 0) is 61.2 Å². The van der Waals surface area contributed by atoms with Gasteiger partial charge in [-0.1, -0.05) is 111 Å². The molecule has 0 saturated carbocycles. The normalized spacial score (nSPS) is 17.5. The molecule has 2 aliphatic rings. The third-order valence-electron chi connectivity index (χ3n) is 9.60. The number of para-hydroxylation sites is 2. The fourth-order valence-corrected chi connectivity index (χ4v) is 7.23. The Balaban J connectivity index is 1.40. The third kappa shape index (κ3) is 6.55. The zero-order valence-electron chi connectivity index (χ0n) is 27.8. The van der Waals surface area contributed by atoms with Crippen molar-refractivity contribution >= 4 is 35.0 Å². The van der Waals surface area contributed by atoms with Gasteiger partial charge in [0.05, 0.1) is 17.2 Å². The molecule has 2 heterocycles. The van der Waals surface area contributed by atoms with E-state index in [1.807, 2.05) is 96.8 Å². The highest BCUT2D eigenvalue weighted by molar-refractivity contribution is 6.23. The largest absolute Gasteiger partial charge is 0.309 e. The molecule has 0 aliphatic carbocycles. The summed E-state index contributed by atoms with van der Waals surface area (Å²) in [5.74, 6) is -1.19. The maximum Gasteiger partial charge on any atom is 0.262 e. The van der Waals surface area contributed by atoms with Crippen molar-refractivity contribution in [2.75, 3.05) is 9.80 Å². The zero-order chi connectivity index (χ0) is 33.6. The number of hydrogen-bond acceptors (Lipinski definition) is 4. The minimum absolute atomic E-state index is 0.0930. The summed E-state index contributed by atoms with van der Waals surface area (Å²) in [5, 5.41) is 0. The lowest BCUT2D eigenvalue weighted by Gasteiger charge is -2.45. The zero-order valence-corrected chi connectivity index (χ0v) is 27.8. The van der Waals surface area contributed by atoms with Gasteiger partial charge < -0.3 is 9.80 Å². The van der Waals surface area contributed by atoms with Gasteiger partial charge in [0.15, 0.2) is 0 Å². The van der Waals surface area contributed by atoms with E-state index in [1.165, 1.54) is 6.42 Å². The first-order chi connectivity index (χ1) is 23.4. The molecule has 246 valence electrons. The van der Waals surface area contributed by atoms with Crippen LogP contribution < -0.4 is 9.80 Å². The highest BCUT2D eigenvalue weighted by atomic mass is 16.2. The molecule has 0 aromatic heterocycles. The molecule has 7 nitrogen and oxygen atoms in total. The topological polar surface area (TPSA) is 78.0 Å². The standard InChI is InChI=1S/C41H43N3O4/c1-3-4-5-6-13-26-38(45)42-29(2)27-36(34-24-16-17-25-35(34)42)43(31-20-11-8-12-21-31)41(48)37(28-30-18-9-7-10-19-30)44-39(46)32-22-14-15-23-33(32)40(44)47/h7-12,14-25,29,36-37H,3-6,13,26-28H2,1-2H3/t29-,36-,37-/m1/s1. The Morgan fingerprint density at radius 1 is 0.750 bits per heavy atom. The van der Waals surface area contributed by atoms with Gasteiger partial charge in [-0.25, -0.2) is 0 Å². The van der Waals surface area contributed by atoms with Crippen LogP contribution >= 0.6 is 0 Å². The molecule has 48 heavy (non-hydrogen) atoms. The van der Waals surface area contributed by atoms with Gasteiger partial charge in [0.2, 0.25) is 5.91 Å². The molecular weight excluding hydrogens is 598 g/mol. The van der Waals surface area contributed by atoms with Crippen molar-refractivity contribution < 1.29 is 19.2 Å². The molecule has 4 amide bonds. The number of hydrogen-bond donors (Lipinski definition) is 0. The van der Waals surface area contributed by atoms with Crippen LogP contribution in [0.3, 0.4) is 0 Å². The van der Waals surface area contributed by atoms with E-state index in [0.717, 1.165) is 47.4 Å². The Morgan fingerprint density at radius 3 is 2.00 bits per heavy atom. The van der Waals surface area contributed by atoms with Gasteiger partial charge in [0.1, 0.15) is 6.04 Å². The Bertz CT molecular complexity index is 1740. The Kier molecular flexibility index (Phi) is 10.1. The van der Waals surface area contributed by atoms with E-state index < -0.39 is 23.9 Å². The van der Waals surface area contributed by atoms with Gasteiger partial charge >= 0.3 is 0 Å². The molecule has 7 heteroatoms. The minimum atomic E-state index is -1.09. The van der Waals surface area contributed by atoms with Gasteiger partial charge in [0, 0.05) is 30.3 Å². The van der Waals surface area contributed by atoms with E-state index in [1.54, 1.807) is 29.2 Å². The van der Waals surface area contributed by atoms with E-state index in [9.17, 15) is 14.4 Å². The second-order valence-electron chi connectivity index (χ2n) is 12.9. The summed E-state index contributed by atoms with van der Waals surface area (Å²) in [4.78, 5) is 61.5. The number of benzene rings is 4. The second-order valence-corrected chi connectivity index (χ2v) is 12.9. The number of imide groups is 1. The molecule has 0 bridgehead atoms. The number of nitrogens with zero attached hydrogens (tertiary/aromatic N) is 3. The first-order valence-electron chi connectivity index (χ1n) is 17.2. The fourth-order valence-electron chi connectivity index (χ4n) is 7.23. The summed E-state index contributed by atoms with van der Waals surface area (Å²) < 4.78 is 0. The summed E-state index contributed by atoms with van der Waals surface area (Å²) in [5.41, 5.74) is 3.79. The monoisotopic (exact) mass is 641 g/mol. The molecule has 0 unspecified atom stereocenters. The van der Waals surface area contributed by atoms with Crippen LogP contribution in [-0.4, -0.2) is 40.6 Å². The first-order valence-corrected chi connectivity index (χ1v) is 17.2. The van der Waals surface area contributed by atoms with E-state index in [-0.39, 0.29) is 24.3 Å². The van der Waals surface area contributed by atoms with Crippen molar-refractivity contribution in [1.29, 1.82) is 0 Å². The van der Waals surface area contributed by atoms with Crippen molar-refractivity contribution in [3.8, 4) is 0 Å². The highest BCUT2D eigenvalue weighted by Crippen LogP contribution is 2.43. The third-order valence-corrected chi connectivity index (χ3v) is 9.60. The maximum atomic E-state index is 15.2. The quantitative estimate of drug-likeness (QED) is 0.116. The SMILES string of the molecule is CCCCCCCC(=O)N1c2ccccc2[C@H](N(C(=O)[C@@H](Cc2ccccc2)N2C(=O)c3ccccc3C2=O)c2ccccc2)C[C@H]1C. The average molecular weight is 642 g/mol. The summed E-state index contributed by atoms with van der Waals surface area (Å²) >= 11 is 0. The van der Waals surface area contributed by atoms with E-state index in [2.05, 4.69) is 6.92 Å². The van der Waals surface area contributed by atoms with Crippen LogP contribution in [0.1, 0.15) is 96.7 Å². The molecule has 0 N–H and O–H groups in total. The lowest BCUT2D eigenvalue weighted by molar-refractivity contribution is -0.123. The Labute approximate surface area is 283 Å². The van der Waals surface area contributed by atoms with E-state index in [0.29, 0.717) is 29.7 Å². The molecule has 0 fully saturated rings.